The van der Waals surface area contributed by atoms with Crippen LogP contribution in [-0.4, -0.2) is 34.3 Å². The molecule has 1 N–H and O–H groups in total. The van der Waals surface area contributed by atoms with Crippen LogP contribution in [0.15, 0.2) is 54.7 Å². The predicted octanol–water partition coefficient (Wildman–Crippen LogP) is 5.48. The maximum absolute atomic E-state index is 9.41. The molecule has 4 aromatic rings. The first-order valence-corrected chi connectivity index (χ1v) is 11.3. The molecular formula is C24H22ClN3OS. The number of halogens is 1. The van der Waals surface area contributed by atoms with Crippen LogP contribution in [-0.2, 0) is 6.42 Å². The molecule has 1 saturated heterocycles. The van der Waals surface area contributed by atoms with Crippen molar-refractivity contribution >= 4 is 39.0 Å². The van der Waals surface area contributed by atoms with Gasteiger partial charge >= 0.3 is 0 Å². The molecule has 4 nitrogen and oxygen atoms in total. The van der Waals surface area contributed by atoms with Crippen LogP contribution in [0.5, 0.6) is 0 Å². The number of nitrogens with zero attached hydrogens (tertiary/aromatic N) is 3. The third kappa shape index (κ3) is 3.69. The van der Waals surface area contributed by atoms with Crippen LogP contribution in [0, 0.1) is 6.92 Å². The molecular weight excluding hydrogens is 414 g/mol. The fourth-order valence-corrected chi connectivity index (χ4v) is 5.14. The Morgan fingerprint density at radius 1 is 1.17 bits per heavy atom. The topological polar surface area (TPSA) is 49.2 Å². The minimum absolute atomic E-state index is 0.185. The van der Waals surface area contributed by atoms with Crippen LogP contribution in [0.25, 0.3) is 21.3 Å². The van der Waals surface area contributed by atoms with Crippen molar-refractivity contribution in [2.45, 2.75) is 25.8 Å². The fourth-order valence-electron chi connectivity index (χ4n) is 4.03. The molecule has 0 spiro atoms. The monoisotopic (exact) mass is 435 g/mol. The number of aromatic nitrogens is 2. The summed E-state index contributed by atoms with van der Waals surface area (Å²) in [6.45, 7) is 3.19. The highest BCUT2D eigenvalue weighted by molar-refractivity contribution is 7.18. The van der Waals surface area contributed by atoms with Gasteiger partial charge in [-0.15, -0.1) is 11.3 Å². The van der Waals surface area contributed by atoms with E-state index in [9.17, 15) is 5.11 Å². The molecule has 2 aromatic carbocycles. The Kier molecular flexibility index (Phi) is 5.19. The molecule has 6 heteroatoms. The number of fused-ring (bicyclic) bond motifs is 1. The van der Waals surface area contributed by atoms with Crippen LogP contribution in [0.3, 0.4) is 0 Å². The summed E-state index contributed by atoms with van der Waals surface area (Å²) in [5.74, 6) is 0.942. The molecule has 152 valence electrons. The van der Waals surface area contributed by atoms with E-state index in [1.807, 2.05) is 31.3 Å². The van der Waals surface area contributed by atoms with Crippen LogP contribution >= 0.6 is 22.9 Å². The smallest absolute Gasteiger partial charge is 0.128 e. The third-order valence-electron chi connectivity index (χ3n) is 5.66. The molecule has 1 fully saturated rings. The molecule has 3 heterocycles. The molecule has 1 unspecified atom stereocenters. The second kappa shape index (κ2) is 7.99. The van der Waals surface area contributed by atoms with E-state index in [0.717, 1.165) is 57.4 Å². The van der Waals surface area contributed by atoms with Crippen molar-refractivity contribution in [2.75, 3.05) is 18.1 Å². The van der Waals surface area contributed by atoms with Gasteiger partial charge in [-0.2, -0.15) is 0 Å². The molecule has 5 rings (SSSR count). The van der Waals surface area contributed by atoms with E-state index in [1.54, 1.807) is 11.3 Å². The Hall–Kier alpha value is -2.47. The Labute approximate surface area is 184 Å². The molecule has 0 aliphatic carbocycles. The maximum atomic E-state index is 9.41. The first kappa shape index (κ1) is 19.5. The zero-order chi connectivity index (χ0) is 20.7. The summed E-state index contributed by atoms with van der Waals surface area (Å²) in [5.41, 5.74) is 5.63. The van der Waals surface area contributed by atoms with Crippen molar-refractivity contribution in [3.05, 3.63) is 75.9 Å². The van der Waals surface area contributed by atoms with E-state index in [1.165, 1.54) is 10.3 Å². The van der Waals surface area contributed by atoms with Gasteiger partial charge in [0.05, 0.1) is 27.9 Å². The average Bonchev–Trinajstić information content (AvgIpc) is 3.08. The van der Waals surface area contributed by atoms with Crippen molar-refractivity contribution in [1.82, 2.24) is 9.97 Å². The van der Waals surface area contributed by atoms with E-state index in [4.69, 9.17) is 16.6 Å². The molecule has 2 aromatic heterocycles. The van der Waals surface area contributed by atoms with Gasteiger partial charge in [-0.1, -0.05) is 29.8 Å². The van der Waals surface area contributed by atoms with Gasteiger partial charge in [0.25, 0.3) is 0 Å². The third-order valence-corrected chi connectivity index (χ3v) is 6.82. The number of hydrogen-bond donors (Lipinski definition) is 1. The number of anilines is 1. The standard InChI is InChI=1S/C24H22ClN3OS/c1-15-27-24-21(18-3-2-4-19(25)12-18)10-17(11-22(24)30-15)9-16-5-6-23(26-13-16)28-8-7-20(28)14-29/h2-6,10-13,20,29H,7-9,14H2,1H3. The van der Waals surface area contributed by atoms with Gasteiger partial charge in [0.1, 0.15) is 5.82 Å². The summed E-state index contributed by atoms with van der Waals surface area (Å²) < 4.78 is 1.19. The average molecular weight is 436 g/mol. The van der Waals surface area contributed by atoms with Crippen molar-refractivity contribution in [2.24, 2.45) is 0 Å². The highest BCUT2D eigenvalue weighted by atomic mass is 35.5. The van der Waals surface area contributed by atoms with Gasteiger partial charge in [-0.05, 0) is 66.8 Å². The summed E-state index contributed by atoms with van der Waals surface area (Å²) in [4.78, 5) is 11.6. The van der Waals surface area contributed by atoms with E-state index in [0.29, 0.717) is 0 Å². The SMILES string of the molecule is Cc1nc2c(-c3cccc(Cl)c3)cc(Cc3ccc(N4CCC4CO)nc3)cc2s1. The lowest BCUT2D eigenvalue weighted by Gasteiger charge is -2.40. The van der Waals surface area contributed by atoms with Crippen molar-refractivity contribution in [3.63, 3.8) is 0 Å². The Balaban J connectivity index is 1.47. The van der Waals surface area contributed by atoms with Crippen LogP contribution in [0.2, 0.25) is 5.02 Å². The molecule has 1 aliphatic rings. The predicted molar refractivity (Wildman–Crippen MR) is 125 cm³/mol. The molecule has 0 amide bonds. The maximum Gasteiger partial charge on any atom is 0.128 e. The normalized spacial score (nSPS) is 16.1. The number of benzene rings is 2. The van der Waals surface area contributed by atoms with E-state index >= 15 is 0 Å². The van der Waals surface area contributed by atoms with Crippen LogP contribution in [0.1, 0.15) is 22.6 Å². The van der Waals surface area contributed by atoms with Crippen LogP contribution < -0.4 is 4.90 Å². The summed E-state index contributed by atoms with van der Waals surface area (Å²) >= 11 is 7.97. The highest BCUT2D eigenvalue weighted by Gasteiger charge is 2.28. The van der Waals surface area contributed by atoms with Gasteiger partial charge < -0.3 is 10.0 Å². The quantitative estimate of drug-likeness (QED) is 0.450. The van der Waals surface area contributed by atoms with E-state index in [2.05, 4.69) is 40.2 Å². The number of aryl methyl sites for hydroxylation is 1. The Morgan fingerprint density at radius 3 is 2.77 bits per heavy atom. The Morgan fingerprint density at radius 2 is 2.07 bits per heavy atom. The van der Waals surface area contributed by atoms with Crippen molar-refractivity contribution < 1.29 is 5.11 Å². The molecule has 0 bridgehead atoms. The number of thiazole rings is 1. The zero-order valence-electron chi connectivity index (χ0n) is 16.7. The largest absolute Gasteiger partial charge is 0.394 e. The first-order chi connectivity index (χ1) is 14.6. The lowest BCUT2D eigenvalue weighted by Crippen LogP contribution is -2.50. The minimum atomic E-state index is 0.185. The van der Waals surface area contributed by atoms with E-state index in [-0.39, 0.29) is 12.6 Å². The highest BCUT2D eigenvalue weighted by Crippen LogP contribution is 2.35. The molecule has 0 saturated carbocycles. The molecule has 1 aliphatic heterocycles. The number of aliphatic hydroxyl groups is 1. The van der Waals surface area contributed by atoms with Gasteiger partial charge in [0.2, 0.25) is 0 Å². The molecule has 1 atom stereocenters. The summed E-state index contributed by atoms with van der Waals surface area (Å²) in [5, 5.41) is 11.2. The second-order valence-electron chi connectivity index (χ2n) is 7.75. The Bertz CT molecular complexity index is 1200. The summed E-state index contributed by atoms with van der Waals surface area (Å²) in [6, 6.07) is 16.8. The fraction of sp³-hybridized carbons (Fsp3) is 0.250. The molecule has 0 radical (unpaired) electrons. The van der Waals surface area contributed by atoms with E-state index < -0.39 is 0 Å². The van der Waals surface area contributed by atoms with Crippen LogP contribution in [0.4, 0.5) is 5.82 Å². The minimum Gasteiger partial charge on any atom is -0.394 e. The molecule has 30 heavy (non-hydrogen) atoms. The lowest BCUT2D eigenvalue weighted by atomic mass is 9.98. The first-order valence-electron chi connectivity index (χ1n) is 10.1. The van der Waals surface area contributed by atoms with Gasteiger partial charge in [-0.3, -0.25) is 0 Å². The lowest BCUT2D eigenvalue weighted by molar-refractivity contribution is 0.225. The summed E-state index contributed by atoms with van der Waals surface area (Å²) in [6.07, 6.45) is 3.78. The zero-order valence-corrected chi connectivity index (χ0v) is 18.2. The van der Waals surface area contributed by atoms with Gasteiger partial charge in [0, 0.05) is 23.3 Å². The van der Waals surface area contributed by atoms with Gasteiger partial charge in [0.15, 0.2) is 0 Å². The summed E-state index contributed by atoms with van der Waals surface area (Å²) in [7, 11) is 0. The van der Waals surface area contributed by atoms with Crippen molar-refractivity contribution in [3.8, 4) is 11.1 Å². The van der Waals surface area contributed by atoms with Crippen molar-refractivity contribution in [1.29, 1.82) is 0 Å². The number of pyridine rings is 1. The second-order valence-corrected chi connectivity index (χ2v) is 9.42. The number of hydrogen-bond acceptors (Lipinski definition) is 5. The van der Waals surface area contributed by atoms with Gasteiger partial charge in [-0.25, -0.2) is 9.97 Å². The number of rotatable bonds is 5. The number of aliphatic hydroxyl groups excluding tert-OH is 1.